The maximum atomic E-state index is 12.6. The minimum absolute atomic E-state index is 0.140. The number of nitrogens with one attached hydrogen (secondary N) is 4. The zero-order valence-corrected chi connectivity index (χ0v) is 20.6. The first kappa shape index (κ1) is 24.9. The van der Waals surface area contributed by atoms with Crippen molar-refractivity contribution in [3.05, 3.63) is 60.3 Å². The van der Waals surface area contributed by atoms with Gasteiger partial charge < -0.3 is 15.4 Å². The van der Waals surface area contributed by atoms with Crippen molar-refractivity contribution >= 4 is 37.5 Å². The van der Waals surface area contributed by atoms with Crippen molar-refractivity contribution in [1.29, 1.82) is 0 Å². The van der Waals surface area contributed by atoms with Gasteiger partial charge in [0.25, 0.3) is 0 Å². The second-order valence-electron chi connectivity index (χ2n) is 7.72. The summed E-state index contributed by atoms with van der Waals surface area (Å²) in [7, 11) is -5.80. The van der Waals surface area contributed by atoms with Gasteiger partial charge in [0.05, 0.1) is 16.9 Å². The molecule has 0 radical (unpaired) electrons. The van der Waals surface area contributed by atoms with E-state index in [9.17, 15) is 16.8 Å². The zero-order chi connectivity index (χ0) is 24.9. The van der Waals surface area contributed by atoms with Crippen LogP contribution in [0.25, 0.3) is 0 Å². The van der Waals surface area contributed by atoms with Gasteiger partial charge in [0, 0.05) is 37.1 Å². The summed E-state index contributed by atoms with van der Waals surface area (Å²) >= 11 is 0. The molecule has 4 bridgehead atoms. The molecule has 0 atom stereocenters. The third-order valence-corrected chi connectivity index (χ3v) is 8.19. The van der Waals surface area contributed by atoms with Crippen molar-refractivity contribution in [3.8, 4) is 5.75 Å². The molecular formula is C22H26N6O5S2. The predicted molar refractivity (Wildman–Crippen MR) is 132 cm³/mol. The van der Waals surface area contributed by atoms with Crippen LogP contribution in [-0.4, -0.2) is 53.5 Å². The fourth-order valence-corrected chi connectivity index (χ4v) is 5.57. The largest absolute Gasteiger partial charge is 0.497 e. The van der Waals surface area contributed by atoms with Crippen LogP contribution in [0.3, 0.4) is 0 Å². The molecule has 1 aliphatic heterocycles. The number of aromatic nitrogens is 2. The number of sulfonamides is 2. The molecule has 0 saturated heterocycles. The molecule has 1 aromatic heterocycles. The van der Waals surface area contributed by atoms with Crippen LogP contribution in [0.1, 0.15) is 12.0 Å². The lowest BCUT2D eigenvalue weighted by Crippen LogP contribution is -2.27. The van der Waals surface area contributed by atoms with Gasteiger partial charge in [-0.3, -0.25) is 0 Å². The molecule has 0 fully saturated rings. The number of nitrogens with zero attached hydrogens (tertiary/aromatic N) is 2. The van der Waals surface area contributed by atoms with Crippen molar-refractivity contribution < 1.29 is 21.6 Å². The summed E-state index contributed by atoms with van der Waals surface area (Å²) in [6.07, 6.45) is 2.49. The fraction of sp³-hybridized carbons (Fsp3) is 0.273. The van der Waals surface area contributed by atoms with Gasteiger partial charge in [-0.2, -0.15) is 4.98 Å². The number of benzene rings is 2. The molecule has 0 spiro atoms. The molecule has 35 heavy (non-hydrogen) atoms. The summed E-state index contributed by atoms with van der Waals surface area (Å²) in [5.41, 5.74) is 1.25. The Bertz CT molecular complexity index is 1400. The van der Waals surface area contributed by atoms with E-state index in [0.29, 0.717) is 36.6 Å². The molecule has 2 heterocycles. The van der Waals surface area contributed by atoms with Crippen molar-refractivity contribution in [1.82, 2.24) is 19.4 Å². The van der Waals surface area contributed by atoms with Gasteiger partial charge in [0.1, 0.15) is 11.6 Å². The van der Waals surface area contributed by atoms with Crippen LogP contribution in [0.2, 0.25) is 0 Å². The number of methoxy groups -OCH3 is 1. The summed E-state index contributed by atoms with van der Waals surface area (Å²) in [4.78, 5) is 9.14. The number of ether oxygens (including phenoxy) is 1. The Morgan fingerprint density at radius 1 is 1.11 bits per heavy atom. The molecule has 13 heteroatoms. The van der Waals surface area contributed by atoms with Crippen LogP contribution < -0.4 is 24.8 Å². The monoisotopic (exact) mass is 518 g/mol. The SMILES string of the molecule is COc1ccc(S(=O)(=O)NCCc2cnc3nc2NCCCNS(=O)(=O)c2cccc(c2)N3)cc1. The van der Waals surface area contributed by atoms with Gasteiger partial charge in [-0.05, 0) is 55.3 Å². The number of hydrogen-bond donors (Lipinski definition) is 4. The lowest BCUT2D eigenvalue weighted by Gasteiger charge is -2.13. The second-order valence-corrected chi connectivity index (χ2v) is 11.3. The Kier molecular flexibility index (Phi) is 7.50. The van der Waals surface area contributed by atoms with E-state index in [1.165, 1.54) is 31.4 Å². The minimum Gasteiger partial charge on any atom is -0.497 e. The van der Waals surface area contributed by atoms with Crippen molar-refractivity contribution in [2.24, 2.45) is 0 Å². The topological polar surface area (TPSA) is 151 Å². The lowest BCUT2D eigenvalue weighted by molar-refractivity contribution is 0.414. The molecule has 3 aromatic rings. The summed E-state index contributed by atoms with van der Waals surface area (Å²) in [5, 5.41) is 6.22. The average Bonchev–Trinajstić information content (AvgIpc) is 2.85. The Morgan fingerprint density at radius 2 is 1.91 bits per heavy atom. The molecule has 11 nitrogen and oxygen atoms in total. The highest BCUT2D eigenvalue weighted by Gasteiger charge is 2.17. The lowest BCUT2D eigenvalue weighted by atomic mass is 10.2. The summed E-state index contributed by atoms with van der Waals surface area (Å²) in [6, 6.07) is 12.5. The van der Waals surface area contributed by atoms with Crippen LogP contribution >= 0.6 is 0 Å². The second kappa shape index (κ2) is 10.6. The van der Waals surface area contributed by atoms with E-state index in [2.05, 4.69) is 30.0 Å². The number of anilines is 3. The van der Waals surface area contributed by atoms with E-state index >= 15 is 0 Å². The number of rotatable bonds is 6. The Morgan fingerprint density at radius 3 is 2.69 bits per heavy atom. The zero-order valence-electron chi connectivity index (χ0n) is 19.0. The summed E-state index contributed by atoms with van der Waals surface area (Å²) in [6.45, 7) is 0.851. The van der Waals surface area contributed by atoms with Gasteiger partial charge in [-0.1, -0.05) is 6.07 Å². The quantitative estimate of drug-likeness (QED) is 0.383. The fourth-order valence-electron chi connectivity index (χ4n) is 3.42. The number of hydrogen-bond acceptors (Lipinski definition) is 9. The minimum atomic E-state index is -3.69. The maximum absolute atomic E-state index is 12.6. The van der Waals surface area contributed by atoms with E-state index in [0.717, 1.165) is 5.56 Å². The van der Waals surface area contributed by atoms with E-state index < -0.39 is 20.0 Å². The molecule has 186 valence electrons. The molecule has 0 unspecified atom stereocenters. The smallest absolute Gasteiger partial charge is 0.240 e. The van der Waals surface area contributed by atoms with E-state index in [1.54, 1.807) is 30.5 Å². The van der Waals surface area contributed by atoms with Crippen LogP contribution in [0.15, 0.2) is 64.5 Å². The normalized spacial score (nSPS) is 15.5. The third kappa shape index (κ3) is 6.25. The van der Waals surface area contributed by atoms with Gasteiger partial charge in [-0.15, -0.1) is 0 Å². The van der Waals surface area contributed by atoms with E-state index in [1.807, 2.05) is 0 Å². The van der Waals surface area contributed by atoms with Crippen molar-refractivity contribution in [3.63, 3.8) is 0 Å². The van der Waals surface area contributed by atoms with E-state index in [4.69, 9.17) is 4.74 Å². The van der Waals surface area contributed by atoms with Gasteiger partial charge >= 0.3 is 0 Å². The molecule has 0 aliphatic carbocycles. The highest BCUT2D eigenvalue weighted by Crippen LogP contribution is 2.21. The van der Waals surface area contributed by atoms with Crippen LogP contribution in [0.5, 0.6) is 5.75 Å². The number of fused-ring (bicyclic) bond motifs is 4. The Balaban J connectivity index is 1.49. The van der Waals surface area contributed by atoms with Crippen LogP contribution in [0, 0.1) is 0 Å². The Hall–Kier alpha value is -3.26. The predicted octanol–water partition coefficient (Wildman–Crippen LogP) is 1.84. The van der Waals surface area contributed by atoms with Gasteiger partial charge in [0.15, 0.2) is 0 Å². The Labute approximate surface area is 204 Å². The highest BCUT2D eigenvalue weighted by atomic mass is 32.2. The average molecular weight is 519 g/mol. The highest BCUT2D eigenvalue weighted by molar-refractivity contribution is 7.89. The van der Waals surface area contributed by atoms with Crippen molar-refractivity contribution in [2.45, 2.75) is 22.6 Å². The standard InChI is InChI=1S/C22H26N6O5S2/c1-33-18-6-8-19(9-7-18)34(29,30)26-13-10-16-15-24-22-27-17-4-2-5-20(14-17)35(31,32)25-12-3-11-23-21(16)28-22/h2,4-9,14-15,25-26H,3,10-13H2,1H3,(H2,23,24,27,28). The molecule has 4 rings (SSSR count). The third-order valence-electron chi connectivity index (χ3n) is 5.26. The first-order valence-electron chi connectivity index (χ1n) is 10.9. The molecule has 0 saturated carbocycles. The molecule has 1 aliphatic rings. The van der Waals surface area contributed by atoms with Gasteiger partial charge in [0.2, 0.25) is 26.0 Å². The van der Waals surface area contributed by atoms with Crippen molar-refractivity contribution in [2.75, 3.05) is 37.4 Å². The first-order valence-corrected chi connectivity index (χ1v) is 13.8. The van der Waals surface area contributed by atoms with E-state index in [-0.39, 0.29) is 28.8 Å². The summed E-state index contributed by atoms with van der Waals surface area (Å²) < 4.78 is 60.4. The van der Waals surface area contributed by atoms with Crippen LogP contribution in [0.4, 0.5) is 17.5 Å². The molecular weight excluding hydrogens is 492 g/mol. The first-order chi connectivity index (χ1) is 16.8. The van der Waals surface area contributed by atoms with Crippen LogP contribution in [-0.2, 0) is 26.5 Å². The molecule has 2 aromatic carbocycles. The molecule has 0 amide bonds. The molecule has 4 N–H and O–H groups in total. The maximum Gasteiger partial charge on any atom is 0.240 e. The summed E-state index contributed by atoms with van der Waals surface area (Å²) in [5.74, 6) is 1.40. The van der Waals surface area contributed by atoms with Gasteiger partial charge in [-0.25, -0.2) is 31.3 Å².